The molecule has 0 radical (unpaired) electrons. The number of ether oxygens (including phenoxy) is 1. The van der Waals surface area contributed by atoms with E-state index in [1.807, 2.05) is 36.5 Å². The van der Waals surface area contributed by atoms with Crippen molar-refractivity contribution in [3.8, 4) is 28.1 Å². The monoisotopic (exact) mass is 353 g/mol. The van der Waals surface area contributed by atoms with Gasteiger partial charge in [0.1, 0.15) is 5.75 Å². The van der Waals surface area contributed by atoms with Gasteiger partial charge in [-0.05, 0) is 48.4 Å². The lowest BCUT2D eigenvalue weighted by Crippen LogP contribution is -1.91. The number of hydrogen-bond donors (Lipinski definition) is 0. The summed E-state index contributed by atoms with van der Waals surface area (Å²) < 4.78 is 6.65. The quantitative estimate of drug-likeness (QED) is 0.620. The van der Waals surface area contributed by atoms with Crippen LogP contribution in [0.4, 0.5) is 0 Å². The van der Waals surface area contributed by atoms with Crippen molar-refractivity contribution in [2.24, 2.45) is 0 Å². The third-order valence-corrected chi connectivity index (χ3v) is 4.27. The van der Waals surface area contributed by atoms with Gasteiger partial charge in [0.2, 0.25) is 0 Å². The Bertz CT molecular complexity index is 814. The van der Waals surface area contributed by atoms with Crippen LogP contribution in [0.5, 0.6) is 5.75 Å². The van der Waals surface area contributed by atoms with Gasteiger partial charge >= 0.3 is 0 Å². The van der Waals surface area contributed by atoms with Gasteiger partial charge in [0.25, 0.3) is 0 Å². The standard InChI is InChI=1S/C19H16BrNO/c1-13-9-10-21-18(11-13)14-7-8-16(19(12-14)22-2)15-5-3-4-6-17(15)20/h3-12H,1-2H3. The van der Waals surface area contributed by atoms with E-state index in [0.29, 0.717) is 0 Å². The van der Waals surface area contributed by atoms with Gasteiger partial charge in [-0.3, -0.25) is 4.98 Å². The minimum atomic E-state index is 0.840. The second kappa shape index (κ2) is 6.32. The molecule has 3 heteroatoms. The molecule has 0 atom stereocenters. The zero-order valence-corrected chi connectivity index (χ0v) is 14.1. The number of rotatable bonds is 3. The molecule has 0 aliphatic heterocycles. The van der Waals surface area contributed by atoms with Crippen molar-refractivity contribution in [2.75, 3.05) is 7.11 Å². The number of nitrogens with zero attached hydrogens (tertiary/aromatic N) is 1. The van der Waals surface area contributed by atoms with E-state index in [2.05, 4.69) is 52.1 Å². The molecular formula is C19H16BrNO. The normalized spacial score (nSPS) is 10.5. The molecule has 0 bridgehead atoms. The maximum absolute atomic E-state index is 5.60. The number of hydrogen-bond acceptors (Lipinski definition) is 2. The average molecular weight is 354 g/mol. The molecule has 110 valence electrons. The zero-order valence-electron chi connectivity index (χ0n) is 12.5. The fourth-order valence-electron chi connectivity index (χ4n) is 2.45. The van der Waals surface area contributed by atoms with E-state index in [0.717, 1.165) is 32.6 Å². The first-order valence-corrected chi connectivity index (χ1v) is 7.84. The largest absolute Gasteiger partial charge is 0.496 e. The molecule has 22 heavy (non-hydrogen) atoms. The van der Waals surface area contributed by atoms with Crippen molar-refractivity contribution in [2.45, 2.75) is 6.92 Å². The van der Waals surface area contributed by atoms with Gasteiger partial charge in [-0.2, -0.15) is 0 Å². The van der Waals surface area contributed by atoms with E-state index in [-0.39, 0.29) is 0 Å². The number of benzene rings is 2. The molecule has 3 aromatic rings. The van der Waals surface area contributed by atoms with Crippen LogP contribution in [0.2, 0.25) is 0 Å². The fraction of sp³-hybridized carbons (Fsp3) is 0.105. The molecule has 1 heterocycles. The summed E-state index contributed by atoms with van der Waals surface area (Å²) in [5.74, 6) is 0.840. The summed E-state index contributed by atoms with van der Waals surface area (Å²) in [5.41, 5.74) is 5.38. The zero-order chi connectivity index (χ0) is 15.5. The highest BCUT2D eigenvalue weighted by atomic mass is 79.9. The maximum atomic E-state index is 5.60. The van der Waals surface area contributed by atoms with Gasteiger partial charge < -0.3 is 4.74 Å². The van der Waals surface area contributed by atoms with Crippen LogP contribution in [0.1, 0.15) is 5.56 Å². The minimum absolute atomic E-state index is 0.840. The van der Waals surface area contributed by atoms with Crippen molar-refractivity contribution in [3.63, 3.8) is 0 Å². The summed E-state index contributed by atoms with van der Waals surface area (Å²) in [6, 6.07) is 18.4. The Morgan fingerprint density at radius 3 is 2.50 bits per heavy atom. The van der Waals surface area contributed by atoms with Crippen LogP contribution in [0.15, 0.2) is 65.3 Å². The van der Waals surface area contributed by atoms with E-state index in [1.165, 1.54) is 5.56 Å². The third kappa shape index (κ3) is 2.90. The van der Waals surface area contributed by atoms with E-state index < -0.39 is 0 Å². The van der Waals surface area contributed by atoms with Crippen LogP contribution in [-0.2, 0) is 0 Å². The third-order valence-electron chi connectivity index (χ3n) is 3.58. The number of halogens is 1. The molecule has 0 aliphatic rings. The molecule has 0 unspecified atom stereocenters. The molecule has 0 aliphatic carbocycles. The fourth-order valence-corrected chi connectivity index (χ4v) is 2.95. The first-order valence-electron chi connectivity index (χ1n) is 7.05. The Morgan fingerprint density at radius 1 is 0.955 bits per heavy atom. The Hall–Kier alpha value is -2.13. The van der Waals surface area contributed by atoms with Crippen molar-refractivity contribution >= 4 is 15.9 Å². The van der Waals surface area contributed by atoms with Gasteiger partial charge in [-0.1, -0.05) is 40.2 Å². The Balaban J connectivity index is 2.11. The van der Waals surface area contributed by atoms with Crippen LogP contribution < -0.4 is 4.74 Å². The Kier molecular flexibility index (Phi) is 4.25. The predicted molar refractivity (Wildman–Crippen MR) is 94.1 cm³/mol. The van der Waals surface area contributed by atoms with Crippen LogP contribution in [-0.4, -0.2) is 12.1 Å². The minimum Gasteiger partial charge on any atom is -0.496 e. The maximum Gasteiger partial charge on any atom is 0.127 e. The van der Waals surface area contributed by atoms with E-state index >= 15 is 0 Å². The summed E-state index contributed by atoms with van der Waals surface area (Å²) in [6.45, 7) is 2.07. The number of aryl methyl sites for hydroxylation is 1. The van der Waals surface area contributed by atoms with Crippen molar-refractivity contribution in [1.29, 1.82) is 0 Å². The number of pyridine rings is 1. The second-order valence-corrected chi connectivity index (χ2v) is 5.97. The van der Waals surface area contributed by atoms with Crippen LogP contribution in [0, 0.1) is 6.92 Å². The van der Waals surface area contributed by atoms with Crippen LogP contribution >= 0.6 is 15.9 Å². The molecule has 2 nitrogen and oxygen atoms in total. The molecule has 3 rings (SSSR count). The first-order chi connectivity index (χ1) is 10.7. The highest BCUT2D eigenvalue weighted by molar-refractivity contribution is 9.10. The smallest absolute Gasteiger partial charge is 0.127 e. The summed E-state index contributed by atoms with van der Waals surface area (Å²) in [4.78, 5) is 4.44. The van der Waals surface area contributed by atoms with Crippen molar-refractivity contribution in [3.05, 3.63) is 70.8 Å². The lowest BCUT2D eigenvalue weighted by atomic mass is 10.0. The first kappa shape index (κ1) is 14.8. The molecule has 2 aromatic carbocycles. The summed E-state index contributed by atoms with van der Waals surface area (Å²) in [7, 11) is 1.70. The number of methoxy groups -OCH3 is 1. The number of aromatic nitrogens is 1. The molecule has 0 amide bonds. The lowest BCUT2D eigenvalue weighted by molar-refractivity contribution is 0.416. The topological polar surface area (TPSA) is 22.1 Å². The Labute approximate surface area is 138 Å². The van der Waals surface area contributed by atoms with Gasteiger partial charge in [0, 0.05) is 21.8 Å². The van der Waals surface area contributed by atoms with E-state index in [1.54, 1.807) is 7.11 Å². The van der Waals surface area contributed by atoms with E-state index in [4.69, 9.17) is 4.74 Å². The molecule has 0 N–H and O–H groups in total. The van der Waals surface area contributed by atoms with Gasteiger partial charge in [0.15, 0.2) is 0 Å². The van der Waals surface area contributed by atoms with E-state index in [9.17, 15) is 0 Å². The summed E-state index contributed by atoms with van der Waals surface area (Å²) >= 11 is 3.60. The van der Waals surface area contributed by atoms with Gasteiger partial charge in [-0.15, -0.1) is 0 Å². The highest BCUT2D eigenvalue weighted by Crippen LogP contribution is 2.37. The van der Waals surface area contributed by atoms with Crippen molar-refractivity contribution < 1.29 is 4.74 Å². The molecule has 0 saturated heterocycles. The van der Waals surface area contributed by atoms with Crippen LogP contribution in [0.3, 0.4) is 0 Å². The summed E-state index contributed by atoms with van der Waals surface area (Å²) in [6.07, 6.45) is 1.83. The lowest BCUT2D eigenvalue weighted by Gasteiger charge is -2.12. The van der Waals surface area contributed by atoms with Gasteiger partial charge in [0.05, 0.1) is 12.8 Å². The molecule has 0 saturated carbocycles. The van der Waals surface area contributed by atoms with Crippen molar-refractivity contribution in [1.82, 2.24) is 4.98 Å². The average Bonchev–Trinajstić information content (AvgIpc) is 2.55. The molecule has 0 spiro atoms. The van der Waals surface area contributed by atoms with Crippen LogP contribution in [0.25, 0.3) is 22.4 Å². The molecule has 0 fully saturated rings. The molecular weight excluding hydrogens is 338 g/mol. The Morgan fingerprint density at radius 2 is 1.77 bits per heavy atom. The summed E-state index contributed by atoms with van der Waals surface area (Å²) in [5, 5.41) is 0. The SMILES string of the molecule is COc1cc(-c2cc(C)ccn2)ccc1-c1ccccc1Br. The molecule has 1 aromatic heterocycles. The second-order valence-electron chi connectivity index (χ2n) is 5.11. The van der Waals surface area contributed by atoms with Gasteiger partial charge in [-0.25, -0.2) is 0 Å². The predicted octanol–water partition coefficient (Wildman–Crippen LogP) is 5.50. The highest BCUT2D eigenvalue weighted by Gasteiger charge is 2.11.